The number of nitrogens with zero attached hydrogens (tertiary/aromatic N) is 3. The molecular formula is C15H16N4O5. The van der Waals surface area contributed by atoms with Crippen molar-refractivity contribution in [1.82, 2.24) is 4.90 Å². The van der Waals surface area contributed by atoms with Gasteiger partial charge in [-0.05, 0) is 6.07 Å². The van der Waals surface area contributed by atoms with Crippen molar-refractivity contribution in [2.24, 2.45) is 0 Å². The quantitative estimate of drug-likeness (QED) is 0.373. The molecule has 0 saturated carbocycles. The molecule has 0 spiro atoms. The van der Waals surface area contributed by atoms with Gasteiger partial charge in [-0.3, -0.25) is 14.9 Å². The Kier molecular flexibility index (Phi) is 5.70. The number of nitro groups is 1. The topological polar surface area (TPSA) is 118 Å². The maximum absolute atomic E-state index is 12.3. The van der Waals surface area contributed by atoms with Crippen LogP contribution < -0.4 is 10.1 Å². The minimum Gasteiger partial charge on any atom is -0.494 e. The number of amides is 1. The maximum Gasteiger partial charge on any atom is 0.273 e. The van der Waals surface area contributed by atoms with Crippen LogP contribution in [0.1, 0.15) is 0 Å². The first-order valence-electron chi connectivity index (χ1n) is 7.13. The van der Waals surface area contributed by atoms with Crippen molar-refractivity contribution in [2.45, 2.75) is 0 Å². The Bertz CT molecular complexity index is 704. The Morgan fingerprint density at radius 3 is 2.79 bits per heavy atom. The van der Waals surface area contributed by atoms with Gasteiger partial charge in [0, 0.05) is 25.4 Å². The van der Waals surface area contributed by atoms with Gasteiger partial charge in [-0.2, -0.15) is 5.26 Å². The molecule has 0 aliphatic carbocycles. The minimum atomic E-state index is -0.537. The van der Waals surface area contributed by atoms with Crippen molar-refractivity contribution in [2.75, 3.05) is 38.7 Å². The number of morpholine rings is 1. The molecule has 1 fully saturated rings. The largest absolute Gasteiger partial charge is 0.494 e. The van der Waals surface area contributed by atoms with Crippen molar-refractivity contribution in [3.8, 4) is 11.8 Å². The number of nitriles is 1. The fraction of sp³-hybridized carbons (Fsp3) is 0.333. The molecule has 0 unspecified atom stereocenters. The second kappa shape index (κ2) is 7.94. The third-order valence-corrected chi connectivity index (χ3v) is 3.42. The Hall–Kier alpha value is -3.12. The van der Waals surface area contributed by atoms with Crippen LogP contribution >= 0.6 is 0 Å². The lowest BCUT2D eigenvalue weighted by atomic mass is 10.2. The van der Waals surface area contributed by atoms with Crippen molar-refractivity contribution < 1.29 is 19.2 Å². The number of carbonyl (C=O) groups excluding carboxylic acids is 1. The van der Waals surface area contributed by atoms with Gasteiger partial charge in [-0.15, -0.1) is 0 Å². The first kappa shape index (κ1) is 17.2. The molecule has 1 aromatic rings. The molecule has 1 aliphatic rings. The van der Waals surface area contributed by atoms with Crippen molar-refractivity contribution in [3.63, 3.8) is 0 Å². The number of ether oxygens (including phenoxy) is 2. The van der Waals surface area contributed by atoms with Gasteiger partial charge >= 0.3 is 0 Å². The fourth-order valence-corrected chi connectivity index (χ4v) is 2.14. The zero-order valence-corrected chi connectivity index (χ0v) is 13.0. The third-order valence-electron chi connectivity index (χ3n) is 3.42. The number of nitro benzene ring substituents is 1. The summed E-state index contributed by atoms with van der Waals surface area (Å²) in [6, 6.07) is 5.86. The molecule has 1 aliphatic heterocycles. The van der Waals surface area contributed by atoms with Crippen LogP contribution in [0.2, 0.25) is 0 Å². The molecule has 0 aromatic heterocycles. The van der Waals surface area contributed by atoms with Gasteiger partial charge in [0.1, 0.15) is 17.4 Å². The van der Waals surface area contributed by atoms with E-state index in [1.165, 1.54) is 36.4 Å². The highest BCUT2D eigenvalue weighted by Gasteiger charge is 2.20. The van der Waals surface area contributed by atoms with Crippen LogP contribution in [0.5, 0.6) is 5.75 Å². The number of hydrogen-bond donors (Lipinski definition) is 1. The first-order valence-corrected chi connectivity index (χ1v) is 7.13. The summed E-state index contributed by atoms with van der Waals surface area (Å²) in [4.78, 5) is 24.0. The first-order chi connectivity index (χ1) is 11.6. The highest BCUT2D eigenvalue weighted by Crippen LogP contribution is 2.29. The number of carbonyl (C=O) groups is 1. The number of non-ortho nitro benzene ring substituents is 1. The van der Waals surface area contributed by atoms with E-state index in [0.717, 1.165) is 0 Å². The molecular weight excluding hydrogens is 316 g/mol. The normalized spacial score (nSPS) is 14.7. The minimum absolute atomic E-state index is 0.0719. The van der Waals surface area contributed by atoms with E-state index in [9.17, 15) is 20.2 Å². The van der Waals surface area contributed by atoms with E-state index in [4.69, 9.17) is 9.47 Å². The molecule has 9 nitrogen and oxygen atoms in total. The summed E-state index contributed by atoms with van der Waals surface area (Å²) in [5.41, 5.74) is 0.217. The predicted octanol–water partition coefficient (Wildman–Crippen LogP) is 1.28. The van der Waals surface area contributed by atoms with Gasteiger partial charge in [0.25, 0.3) is 11.6 Å². The number of hydrogen-bond acceptors (Lipinski definition) is 7. The van der Waals surface area contributed by atoms with Crippen LogP contribution in [0.15, 0.2) is 30.0 Å². The highest BCUT2D eigenvalue weighted by molar-refractivity contribution is 5.97. The van der Waals surface area contributed by atoms with Crippen LogP contribution in [0.4, 0.5) is 11.4 Å². The molecule has 0 atom stereocenters. The average Bonchev–Trinajstić information content (AvgIpc) is 2.62. The molecule has 9 heteroatoms. The second-order valence-electron chi connectivity index (χ2n) is 4.86. The Morgan fingerprint density at radius 2 is 2.21 bits per heavy atom. The average molecular weight is 332 g/mol. The number of rotatable bonds is 5. The van der Waals surface area contributed by atoms with Gasteiger partial charge in [-0.1, -0.05) is 0 Å². The van der Waals surface area contributed by atoms with Crippen LogP contribution in [0.25, 0.3) is 0 Å². The van der Waals surface area contributed by atoms with E-state index in [1.54, 1.807) is 0 Å². The fourth-order valence-electron chi connectivity index (χ4n) is 2.14. The van der Waals surface area contributed by atoms with Gasteiger partial charge in [-0.25, -0.2) is 0 Å². The predicted molar refractivity (Wildman–Crippen MR) is 84.4 cm³/mol. The number of anilines is 1. The Labute approximate surface area is 138 Å². The van der Waals surface area contributed by atoms with Gasteiger partial charge in [0.15, 0.2) is 0 Å². The van der Waals surface area contributed by atoms with E-state index >= 15 is 0 Å². The summed E-state index contributed by atoms with van der Waals surface area (Å²) in [6.07, 6.45) is 1.27. The summed E-state index contributed by atoms with van der Waals surface area (Å²) >= 11 is 0. The standard InChI is InChI=1S/C15H16N4O5/c1-23-14-8-12(19(21)22)2-3-13(14)17-10-11(9-16)15(20)18-4-6-24-7-5-18/h2-3,8,10,17H,4-7H2,1H3/b11-10-. The van der Waals surface area contributed by atoms with Crippen molar-refractivity contribution in [1.29, 1.82) is 5.26 Å². The Balaban J connectivity index is 2.16. The van der Waals surface area contributed by atoms with Crippen LogP contribution in [-0.4, -0.2) is 49.1 Å². The molecule has 1 amide bonds. The van der Waals surface area contributed by atoms with E-state index in [-0.39, 0.29) is 17.0 Å². The number of nitrogens with one attached hydrogen (secondary N) is 1. The molecule has 0 radical (unpaired) electrons. The summed E-state index contributed by atoms with van der Waals surface area (Å²) in [5.74, 6) is -0.161. The lowest BCUT2D eigenvalue weighted by Crippen LogP contribution is -2.41. The maximum atomic E-state index is 12.3. The third kappa shape index (κ3) is 3.99. The molecule has 1 aromatic carbocycles. The molecule has 24 heavy (non-hydrogen) atoms. The monoisotopic (exact) mass is 332 g/mol. The van der Waals surface area contributed by atoms with Gasteiger partial charge in [0.2, 0.25) is 0 Å². The van der Waals surface area contributed by atoms with Crippen LogP contribution in [-0.2, 0) is 9.53 Å². The molecule has 1 saturated heterocycles. The van der Waals surface area contributed by atoms with Gasteiger partial charge < -0.3 is 19.7 Å². The number of methoxy groups -OCH3 is 1. The van der Waals surface area contributed by atoms with E-state index < -0.39 is 10.8 Å². The summed E-state index contributed by atoms with van der Waals surface area (Å²) in [5, 5.41) is 22.8. The number of benzene rings is 1. The van der Waals surface area contributed by atoms with E-state index in [1.807, 2.05) is 6.07 Å². The molecule has 2 rings (SSSR count). The van der Waals surface area contributed by atoms with Crippen molar-refractivity contribution >= 4 is 17.3 Å². The smallest absolute Gasteiger partial charge is 0.273 e. The lowest BCUT2D eigenvalue weighted by molar-refractivity contribution is -0.384. The summed E-state index contributed by atoms with van der Waals surface area (Å²) < 4.78 is 10.3. The van der Waals surface area contributed by atoms with E-state index in [0.29, 0.717) is 32.0 Å². The highest BCUT2D eigenvalue weighted by atomic mass is 16.6. The zero-order chi connectivity index (χ0) is 17.5. The van der Waals surface area contributed by atoms with E-state index in [2.05, 4.69) is 5.32 Å². The van der Waals surface area contributed by atoms with Gasteiger partial charge in [0.05, 0.1) is 37.0 Å². The zero-order valence-electron chi connectivity index (χ0n) is 13.0. The van der Waals surface area contributed by atoms with Crippen LogP contribution in [0, 0.1) is 21.4 Å². The Morgan fingerprint density at radius 1 is 1.50 bits per heavy atom. The molecule has 1 heterocycles. The second-order valence-corrected chi connectivity index (χ2v) is 4.86. The molecule has 1 N–H and O–H groups in total. The summed E-state index contributed by atoms with van der Waals surface area (Å²) in [7, 11) is 1.37. The molecule has 126 valence electrons. The van der Waals surface area contributed by atoms with Crippen LogP contribution in [0.3, 0.4) is 0 Å². The SMILES string of the molecule is COc1cc([N+](=O)[O-])ccc1N/C=C(/C#N)C(=O)N1CCOCC1. The molecule has 0 bridgehead atoms. The van der Waals surface area contributed by atoms with Crippen molar-refractivity contribution in [3.05, 3.63) is 40.1 Å². The lowest BCUT2D eigenvalue weighted by Gasteiger charge is -2.26. The summed E-state index contributed by atoms with van der Waals surface area (Å²) in [6.45, 7) is 1.74.